The number of thiophene rings is 1. The quantitative estimate of drug-likeness (QED) is 0.598. The summed E-state index contributed by atoms with van der Waals surface area (Å²) < 4.78 is 4.98. The molecule has 1 atom stereocenters. The molecule has 1 unspecified atom stereocenters. The van der Waals surface area contributed by atoms with Crippen LogP contribution in [0.3, 0.4) is 0 Å². The van der Waals surface area contributed by atoms with Crippen LogP contribution >= 0.6 is 23.6 Å². The summed E-state index contributed by atoms with van der Waals surface area (Å²) in [5, 5.41) is 7.90. The van der Waals surface area contributed by atoms with Gasteiger partial charge in [0.2, 0.25) is 0 Å². The smallest absolute Gasteiger partial charge is 0.341 e. The van der Waals surface area contributed by atoms with Crippen LogP contribution < -0.4 is 10.6 Å². The van der Waals surface area contributed by atoms with E-state index in [0.717, 1.165) is 36.2 Å². The lowest BCUT2D eigenvalue weighted by atomic mass is 10.1. The highest BCUT2D eigenvalue weighted by Gasteiger charge is 2.27. The number of ether oxygens (including phenoxy) is 1. The fourth-order valence-electron chi connectivity index (χ4n) is 3.21. The Balaban J connectivity index is 1.76. The molecule has 0 radical (unpaired) electrons. The lowest BCUT2D eigenvalue weighted by Gasteiger charge is -2.20. The molecule has 6 heteroatoms. The molecule has 1 aromatic carbocycles. The maximum Gasteiger partial charge on any atom is 0.341 e. The Hall–Kier alpha value is -1.92. The summed E-state index contributed by atoms with van der Waals surface area (Å²) in [6.07, 6.45) is 3.96. The highest BCUT2D eigenvalue weighted by Crippen LogP contribution is 2.39. The van der Waals surface area contributed by atoms with Crippen LogP contribution in [0.1, 0.15) is 52.2 Å². The van der Waals surface area contributed by atoms with E-state index >= 15 is 0 Å². The van der Waals surface area contributed by atoms with E-state index < -0.39 is 0 Å². The van der Waals surface area contributed by atoms with Crippen molar-refractivity contribution < 1.29 is 9.53 Å². The molecule has 0 fully saturated rings. The summed E-state index contributed by atoms with van der Waals surface area (Å²) in [6, 6.07) is 10.4. The SMILES string of the molecule is CCC(NC(=S)Nc1sc2c(c1C(=O)OC)CCC2)c1ccccc1. The third-order valence-electron chi connectivity index (χ3n) is 4.45. The van der Waals surface area contributed by atoms with Gasteiger partial charge < -0.3 is 15.4 Å². The van der Waals surface area contributed by atoms with Crippen molar-refractivity contribution in [3.05, 3.63) is 51.9 Å². The predicted molar refractivity (Wildman–Crippen MR) is 107 cm³/mol. The first-order valence-electron chi connectivity index (χ1n) is 8.49. The molecule has 0 spiro atoms. The first-order chi connectivity index (χ1) is 12.1. The van der Waals surface area contributed by atoms with Crippen LogP contribution in [0.25, 0.3) is 0 Å². The van der Waals surface area contributed by atoms with Gasteiger partial charge in [-0.3, -0.25) is 0 Å². The number of nitrogens with one attached hydrogen (secondary N) is 2. The molecular formula is C19H22N2O2S2. The molecule has 25 heavy (non-hydrogen) atoms. The zero-order chi connectivity index (χ0) is 17.8. The summed E-state index contributed by atoms with van der Waals surface area (Å²) in [5.41, 5.74) is 2.96. The van der Waals surface area contributed by atoms with Crippen LogP contribution in [-0.4, -0.2) is 18.2 Å². The minimum Gasteiger partial charge on any atom is -0.465 e. The van der Waals surface area contributed by atoms with Gasteiger partial charge in [-0.05, 0) is 49.0 Å². The van der Waals surface area contributed by atoms with Crippen LogP contribution in [0.5, 0.6) is 0 Å². The molecule has 4 nitrogen and oxygen atoms in total. The third kappa shape index (κ3) is 3.85. The number of fused-ring (bicyclic) bond motifs is 1. The van der Waals surface area contributed by atoms with E-state index in [1.165, 1.54) is 17.6 Å². The standard InChI is InChI=1S/C19H22N2O2S2/c1-3-14(12-8-5-4-6-9-12)20-19(24)21-17-16(18(22)23-2)13-10-7-11-15(13)25-17/h4-6,8-9,14H,3,7,10-11H2,1-2H3,(H2,20,21,24). The largest absolute Gasteiger partial charge is 0.465 e. The molecule has 0 aliphatic heterocycles. The fourth-order valence-corrected chi connectivity index (χ4v) is 4.80. The highest BCUT2D eigenvalue weighted by atomic mass is 32.1. The van der Waals surface area contributed by atoms with Crippen LogP contribution in [-0.2, 0) is 17.6 Å². The van der Waals surface area contributed by atoms with Crippen molar-refractivity contribution in [3.8, 4) is 0 Å². The van der Waals surface area contributed by atoms with Crippen molar-refractivity contribution in [2.75, 3.05) is 12.4 Å². The topological polar surface area (TPSA) is 50.4 Å². The van der Waals surface area contributed by atoms with E-state index in [1.54, 1.807) is 11.3 Å². The zero-order valence-corrected chi connectivity index (χ0v) is 16.1. The Morgan fingerprint density at radius 2 is 2.08 bits per heavy atom. The molecule has 1 aliphatic rings. The number of aryl methyl sites for hydroxylation is 1. The van der Waals surface area contributed by atoms with Crippen molar-refractivity contribution in [2.45, 2.75) is 38.6 Å². The molecule has 0 bridgehead atoms. The third-order valence-corrected chi connectivity index (χ3v) is 5.88. The number of benzene rings is 1. The van der Waals surface area contributed by atoms with Gasteiger partial charge in [0.05, 0.1) is 18.7 Å². The Labute approximate surface area is 157 Å². The van der Waals surface area contributed by atoms with Gasteiger partial charge >= 0.3 is 5.97 Å². The summed E-state index contributed by atoms with van der Waals surface area (Å²) in [4.78, 5) is 13.5. The van der Waals surface area contributed by atoms with E-state index in [2.05, 4.69) is 29.7 Å². The highest BCUT2D eigenvalue weighted by molar-refractivity contribution is 7.80. The monoisotopic (exact) mass is 374 g/mol. The number of rotatable bonds is 5. The van der Waals surface area contributed by atoms with E-state index in [0.29, 0.717) is 10.7 Å². The van der Waals surface area contributed by atoms with Gasteiger partial charge in [0, 0.05) is 4.88 Å². The number of anilines is 1. The number of esters is 1. The number of hydrogen-bond donors (Lipinski definition) is 2. The number of carbonyl (C=O) groups excluding carboxylic acids is 1. The fraction of sp³-hybridized carbons (Fsp3) is 0.368. The number of thiocarbonyl (C=S) groups is 1. The average molecular weight is 375 g/mol. The maximum absolute atomic E-state index is 12.2. The second kappa shape index (κ2) is 7.97. The molecule has 1 aromatic heterocycles. The van der Waals surface area contributed by atoms with Gasteiger partial charge in [-0.1, -0.05) is 37.3 Å². The minimum atomic E-state index is -0.292. The zero-order valence-electron chi connectivity index (χ0n) is 14.4. The molecule has 1 heterocycles. The Morgan fingerprint density at radius 3 is 2.76 bits per heavy atom. The van der Waals surface area contributed by atoms with E-state index in [-0.39, 0.29) is 12.0 Å². The van der Waals surface area contributed by atoms with Crippen molar-refractivity contribution in [1.29, 1.82) is 0 Å². The van der Waals surface area contributed by atoms with E-state index in [1.807, 2.05) is 18.2 Å². The summed E-state index contributed by atoms with van der Waals surface area (Å²) in [6.45, 7) is 2.12. The number of carbonyl (C=O) groups is 1. The maximum atomic E-state index is 12.2. The van der Waals surface area contributed by atoms with Crippen molar-refractivity contribution in [3.63, 3.8) is 0 Å². The molecule has 2 N–H and O–H groups in total. The predicted octanol–water partition coefficient (Wildman–Crippen LogP) is 4.46. The molecular weight excluding hydrogens is 352 g/mol. The van der Waals surface area contributed by atoms with E-state index in [9.17, 15) is 4.79 Å². The Bertz CT molecular complexity index is 771. The summed E-state index contributed by atoms with van der Waals surface area (Å²) in [7, 11) is 1.42. The molecule has 0 saturated heterocycles. The van der Waals surface area contributed by atoms with Gasteiger partial charge in [0.25, 0.3) is 0 Å². The molecule has 1 aliphatic carbocycles. The van der Waals surface area contributed by atoms with Crippen molar-refractivity contribution in [2.24, 2.45) is 0 Å². The van der Waals surface area contributed by atoms with Crippen molar-refractivity contribution >= 4 is 39.6 Å². The number of hydrogen-bond acceptors (Lipinski definition) is 4. The van der Waals surface area contributed by atoms with Crippen LogP contribution in [0, 0.1) is 0 Å². The van der Waals surface area contributed by atoms with Gasteiger partial charge in [0.1, 0.15) is 5.00 Å². The molecule has 2 aromatic rings. The second-order valence-electron chi connectivity index (χ2n) is 6.02. The molecule has 132 valence electrons. The number of methoxy groups -OCH3 is 1. The normalized spacial score (nSPS) is 13.8. The van der Waals surface area contributed by atoms with Gasteiger partial charge in [-0.25, -0.2) is 4.79 Å². The molecule has 3 rings (SSSR count). The van der Waals surface area contributed by atoms with Crippen LogP contribution in [0.15, 0.2) is 30.3 Å². The molecule has 0 saturated carbocycles. The van der Waals surface area contributed by atoms with Gasteiger partial charge in [-0.15, -0.1) is 11.3 Å². The van der Waals surface area contributed by atoms with Crippen LogP contribution in [0.4, 0.5) is 5.00 Å². The van der Waals surface area contributed by atoms with Gasteiger partial charge in [-0.2, -0.15) is 0 Å². The lowest BCUT2D eigenvalue weighted by Crippen LogP contribution is -2.32. The Morgan fingerprint density at radius 1 is 1.32 bits per heavy atom. The van der Waals surface area contributed by atoms with Crippen LogP contribution in [0.2, 0.25) is 0 Å². The van der Waals surface area contributed by atoms with Crippen molar-refractivity contribution in [1.82, 2.24) is 5.32 Å². The first-order valence-corrected chi connectivity index (χ1v) is 9.71. The molecule has 0 amide bonds. The van der Waals surface area contributed by atoms with E-state index in [4.69, 9.17) is 17.0 Å². The lowest BCUT2D eigenvalue weighted by molar-refractivity contribution is 0.0601. The first kappa shape index (κ1) is 17.9. The average Bonchev–Trinajstić information content (AvgIpc) is 3.20. The summed E-state index contributed by atoms with van der Waals surface area (Å²) >= 11 is 7.11. The van der Waals surface area contributed by atoms with Gasteiger partial charge in [0.15, 0.2) is 5.11 Å². The summed E-state index contributed by atoms with van der Waals surface area (Å²) in [5.74, 6) is -0.292. The second-order valence-corrected chi connectivity index (χ2v) is 7.54. The minimum absolute atomic E-state index is 0.134. The Kier molecular flexibility index (Phi) is 5.71.